The van der Waals surface area contributed by atoms with E-state index in [0.29, 0.717) is 0 Å². The number of aryl methyl sites for hydroxylation is 1. The van der Waals surface area contributed by atoms with Crippen molar-refractivity contribution in [3.63, 3.8) is 0 Å². The summed E-state index contributed by atoms with van der Waals surface area (Å²) in [5.74, 6) is 0.913. The number of benzene rings is 2. The molecule has 0 aliphatic carbocycles. The van der Waals surface area contributed by atoms with Crippen LogP contribution in [0.5, 0.6) is 5.75 Å². The van der Waals surface area contributed by atoms with E-state index in [1.165, 1.54) is 11.3 Å². The molecule has 1 atom stereocenters. The molecule has 1 amide bonds. The number of piperazine rings is 1. The molecule has 156 valence electrons. The normalized spacial score (nSPS) is 15.7. The second kappa shape index (κ2) is 10.2. The number of rotatable bonds is 8. The molecule has 0 bridgehead atoms. The summed E-state index contributed by atoms with van der Waals surface area (Å²) >= 11 is 0. The van der Waals surface area contributed by atoms with Crippen LogP contribution in [0, 0.1) is 0 Å². The summed E-state index contributed by atoms with van der Waals surface area (Å²) in [4.78, 5) is 16.1. The molecule has 6 nitrogen and oxygen atoms in total. The van der Waals surface area contributed by atoms with Crippen LogP contribution in [-0.4, -0.2) is 50.8 Å². The van der Waals surface area contributed by atoms with Gasteiger partial charge in [0.25, 0.3) is 0 Å². The van der Waals surface area contributed by atoms with Gasteiger partial charge in [0, 0.05) is 50.9 Å². The van der Waals surface area contributed by atoms with Crippen LogP contribution >= 0.6 is 0 Å². The molecule has 0 saturated carbocycles. The molecular weight excluding hydrogens is 366 g/mol. The van der Waals surface area contributed by atoms with E-state index < -0.39 is 6.09 Å². The van der Waals surface area contributed by atoms with E-state index in [-0.39, 0.29) is 6.10 Å². The van der Waals surface area contributed by atoms with E-state index in [4.69, 9.17) is 15.2 Å². The maximum absolute atomic E-state index is 11.3. The SMILES string of the molecule is CCc1cc(OC)cc(N2CCN(CCC(OC(N)=O)c3ccccc3)CC2)c1. The first-order chi connectivity index (χ1) is 14.1. The van der Waals surface area contributed by atoms with Crippen molar-refractivity contribution in [2.45, 2.75) is 25.9 Å². The van der Waals surface area contributed by atoms with Crippen molar-refractivity contribution in [2.24, 2.45) is 5.73 Å². The third kappa shape index (κ3) is 5.87. The van der Waals surface area contributed by atoms with Crippen LogP contribution in [0.1, 0.15) is 30.6 Å². The lowest BCUT2D eigenvalue weighted by Gasteiger charge is -2.36. The Bertz CT molecular complexity index is 767. The fourth-order valence-corrected chi connectivity index (χ4v) is 3.78. The predicted octanol–water partition coefficient (Wildman–Crippen LogP) is 3.61. The van der Waals surface area contributed by atoms with Gasteiger partial charge in [0.05, 0.1) is 7.11 Å². The highest BCUT2D eigenvalue weighted by molar-refractivity contribution is 5.65. The van der Waals surface area contributed by atoms with Gasteiger partial charge in [0.1, 0.15) is 11.9 Å². The van der Waals surface area contributed by atoms with Gasteiger partial charge in [-0.1, -0.05) is 37.3 Å². The number of amides is 1. The zero-order chi connectivity index (χ0) is 20.6. The molecule has 2 aromatic rings. The van der Waals surface area contributed by atoms with Gasteiger partial charge in [-0.3, -0.25) is 4.90 Å². The first-order valence-electron chi connectivity index (χ1n) is 10.3. The number of carbonyl (C=O) groups excluding carboxylic acids is 1. The molecule has 0 aromatic heterocycles. The van der Waals surface area contributed by atoms with Crippen molar-refractivity contribution in [1.82, 2.24) is 4.90 Å². The zero-order valence-corrected chi connectivity index (χ0v) is 17.3. The summed E-state index contributed by atoms with van der Waals surface area (Å²) in [7, 11) is 1.72. The molecule has 1 heterocycles. The van der Waals surface area contributed by atoms with Crippen molar-refractivity contribution >= 4 is 11.8 Å². The number of carbonyl (C=O) groups is 1. The Kier molecular flexibility index (Phi) is 7.36. The molecule has 1 saturated heterocycles. The molecule has 0 radical (unpaired) electrons. The van der Waals surface area contributed by atoms with E-state index in [2.05, 4.69) is 34.9 Å². The summed E-state index contributed by atoms with van der Waals surface area (Å²) < 4.78 is 10.8. The molecule has 0 spiro atoms. The highest BCUT2D eigenvalue weighted by Gasteiger charge is 2.21. The Morgan fingerprint density at radius 1 is 1.10 bits per heavy atom. The minimum absolute atomic E-state index is 0.308. The largest absolute Gasteiger partial charge is 0.497 e. The number of hydrogen-bond acceptors (Lipinski definition) is 5. The van der Waals surface area contributed by atoms with Gasteiger partial charge in [-0.25, -0.2) is 4.79 Å². The fraction of sp³-hybridized carbons (Fsp3) is 0.435. The second-order valence-electron chi connectivity index (χ2n) is 7.35. The van der Waals surface area contributed by atoms with Gasteiger partial charge in [-0.15, -0.1) is 0 Å². The van der Waals surface area contributed by atoms with Gasteiger partial charge in [0.2, 0.25) is 0 Å². The molecule has 1 aliphatic heterocycles. The Hall–Kier alpha value is -2.73. The van der Waals surface area contributed by atoms with Crippen LogP contribution in [0.25, 0.3) is 0 Å². The number of ether oxygens (including phenoxy) is 2. The van der Waals surface area contributed by atoms with Crippen LogP contribution in [-0.2, 0) is 11.2 Å². The molecule has 1 fully saturated rings. The van der Waals surface area contributed by atoms with Crippen LogP contribution < -0.4 is 15.4 Å². The summed E-state index contributed by atoms with van der Waals surface area (Å²) in [6.07, 6.45) is 0.683. The third-order valence-electron chi connectivity index (χ3n) is 5.47. The Morgan fingerprint density at radius 3 is 2.45 bits per heavy atom. The summed E-state index contributed by atoms with van der Waals surface area (Å²) in [5, 5.41) is 0. The lowest BCUT2D eigenvalue weighted by Crippen LogP contribution is -2.47. The molecule has 1 aliphatic rings. The number of nitrogens with zero attached hydrogens (tertiary/aromatic N) is 2. The smallest absolute Gasteiger partial charge is 0.405 e. The maximum Gasteiger partial charge on any atom is 0.405 e. The van der Waals surface area contributed by atoms with E-state index >= 15 is 0 Å². The highest BCUT2D eigenvalue weighted by Crippen LogP contribution is 2.26. The lowest BCUT2D eigenvalue weighted by atomic mass is 10.1. The van der Waals surface area contributed by atoms with Gasteiger partial charge in [-0.2, -0.15) is 0 Å². The van der Waals surface area contributed by atoms with Gasteiger partial charge >= 0.3 is 6.09 Å². The van der Waals surface area contributed by atoms with E-state index in [1.54, 1.807) is 7.11 Å². The first kappa shape index (κ1) is 21.0. The summed E-state index contributed by atoms with van der Waals surface area (Å²) in [6, 6.07) is 16.3. The quantitative estimate of drug-likeness (QED) is 0.737. The van der Waals surface area contributed by atoms with Crippen molar-refractivity contribution < 1.29 is 14.3 Å². The average molecular weight is 398 g/mol. The Morgan fingerprint density at radius 2 is 1.83 bits per heavy atom. The van der Waals surface area contributed by atoms with Crippen LogP contribution in [0.15, 0.2) is 48.5 Å². The van der Waals surface area contributed by atoms with Crippen molar-refractivity contribution in [3.05, 3.63) is 59.7 Å². The molecule has 6 heteroatoms. The van der Waals surface area contributed by atoms with Crippen LogP contribution in [0.2, 0.25) is 0 Å². The molecule has 3 rings (SSSR count). The van der Waals surface area contributed by atoms with Crippen molar-refractivity contribution in [3.8, 4) is 5.75 Å². The Labute approximate surface area is 173 Å². The minimum Gasteiger partial charge on any atom is -0.497 e. The number of nitrogens with two attached hydrogens (primary N) is 1. The van der Waals surface area contributed by atoms with E-state index in [9.17, 15) is 4.79 Å². The molecule has 2 aromatic carbocycles. The summed E-state index contributed by atoms with van der Waals surface area (Å²) in [5.41, 5.74) is 8.77. The van der Waals surface area contributed by atoms with Gasteiger partial charge < -0.3 is 20.1 Å². The average Bonchev–Trinajstić information content (AvgIpc) is 2.77. The summed E-state index contributed by atoms with van der Waals surface area (Å²) in [6.45, 7) is 6.88. The number of anilines is 1. The number of hydrogen-bond donors (Lipinski definition) is 1. The Balaban J connectivity index is 1.56. The lowest BCUT2D eigenvalue weighted by molar-refractivity contribution is 0.0910. The number of methoxy groups -OCH3 is 1. The topological polar surface area (TPSA) is 68.0 Å². The first-order valence-corrected chi connectivity index (χ1v) is 10.3. The zero-order valence-electron chi connectivity index (χ0n) is 17.3. The molecular formula is C23H31N3O3. The fourth-order valence-electron chi connectivity index (χ4n) is 3.78. The molecule has 2 N–H and O–H groups in total. The molecule has 29 heavy (non-hydrogen) atoms. The maximum atomic E-state index is 11.3. The van der Waals surface area contributed by atoms with Gasteiger partial charge in [0.15, 0.2) is 0 Å². The number of primary amides is 1. The minimum atomic E-state index is -0.728. The van der Waals surface area contributed by atoms with Crippen LogP contribution in [0.3, 0.4) is 0 Å². The van der Waals surface area contributed by atoms with Crippen molar-refractivity contribution in [1.29, 1.82) is 0 Å². The van der Waals surface area contributed by atoms with Gasteiger partial charge in [-0.05, 0) is 29.7 Å². The standard InChI is InChI=1S/C23H31N3O3/c1-3-18-15-20(17-21(16-18)28-2)26-13-11-25(12-14-26)10-9-22(29-23(24)27)19-7-5-4-6-8-19/h4-8,15-17,22H,3,9-14H2,1-2H3,(H2,24,27). The van der Waals surface area contributed by atoms with E-state index in [1.807, 2.05) is 30.3 Å². The van der Waals surface area contributed by atoms with Crippen molar-refractivity contribution in [2.75, 3.05) is 44.7 Å². The van der Waals surface area contributed by atoms with Crippen LogP contribution in [0.4, 0.5) is 10.5 Å². The highest BCUT2D eigenvalue weighted by atomic mass is 16.6. The predicted molar refractivity (Wildman–Crippen MR) is 115 cm³/mol. The monoisotopic (exact) mass is 397 g/mol. The van der Waals surface area contributed by atoms with E-state index in [0.717, 1.165) is 56.9 Å². The second-order valence-corrected chi connectivity index (χ2v) is 7.35. The molecule has 1 unspecified atom stereocenters. The third-order valence-corrected chi connectivity index (χ3v) is 5.47.